The Balaban J connectivity index is 1.86. The molecule has 0 radical (unpaired) electrons. The molecule has 0 aromatic heterocycles. The molecule has 1 aliphatic rings. The summed E-state index contributed by atoms with van der Waals surface area (Å²) in [5.41, 5.74) is 0.910. The predicted octanol–water partition coefficient (Wildman–Crippen LogP) is 2.10. The van der Waals surface area contributed by atoms with Crippen LogP contribution in [0.2, 0.25) is 0 Å². The van der Waals surface area contributed by atoms with E-state index in [-0.39, 0.29) is 17.1 Å². The molecule has 1 heterocycles. The average Bonchev–Trinajstić information content (AvgIpc) is 3.03. The van der Waals surface area contributed by atoms with Crippen LogP contribution in [0.3, 0.4) is 0 Å². The van der Waals surface area contributed by atoms with Crippen LogP contribution in [-0.4, -0.2) is 53.6 Å². The Hall–Kier alpha value is -2.46. The third-order valence-corrected chi connectivity index (χ3v) is 8.95. The zero-order valence-electron chi connectivity index (χ0n) is 15.9. The number of nitrogens with one attached hydrogen (secondary N) is 1. The fourth-order valence-corrected chi connectivity index (χ4v) is 7.48. The van der Waals surface area contributed by atoms with E-state index in [0.29, 0.717) is 5.69 Å². The topological polar surface area (TPSA) is 101 Å². The summed E-state index contributed by atoms with van der Waals surface area (Å²) >= 11 is 0. The maximum atomic E-state index is 14.2. The first kappa shape index (κ1) is 21.3. The van der Waals surface area contributed by atoms with Gasteiger partial charge in [-0.3, -0.25) is 4.79 Å². The van der Waals surface area contributed by atoms with Crippen LogP contribution in [0, 0.1) is 5.82 Å². The van der Waals surface area contributed by atoms with Gasteiger partial charge in [0.1, 0.15) is 5.82 Å². The molecule has 1 amide bonds. The van der Waals surface area contributed by atoms with Crippen molar-refractivity contribution in [2.45, 2.75) is 16.6 Å². The molecule has 1 aliphatic heterocycles. The molecule has 29 heavy (non-hydrogen) atoms. The standard InChI is InChI=1S/C19H21FN2O5S2/c1-22(2)14-5-3-13(4-6-14)21-19(23)17-11-15(7-8-18(17)20)29(26,27)16-9-10-28(24,25)12-16/h3-8,11,16H,9-10,12H2,1-2H3,(H,21,23). The van der Waals surface area contributed by atoms with Crippen LogP contribution in [0.5, 0.6) is 0 Å². The van der Waals surface area contributed by atoms with E-state index in [2.05, 4.69) is 5.32 Å². The number of sulfone groups is 2. The molecule has 1 N–H and O–H groups in total. The van der Waals surface area contributed by atoms with Crippen molar-refractivity contribution in [3.05, 3.63) is 53.8 Å². The zero-order valence-corrected chi connectivity index (χ0v) is 17.6. The molecule has 0 saturated carbocycles. The third-order valence-electron chi connectivity index (χ3n) is 4.78. The van der Waals surface area contributed by atoms with Crippen molar-refractivity contribution in [2.75, 3.05) is 35.8 Å². The van der Waals surface area contributed by atoms with E-state index in [1.165, 1.54) is 0 Å². The van der Waals surface area contributed by atoms with Crippen LogP contribution in [0.25, 0.3) is 0 Å². The van der Waals surface area contributed by atoms with Crippen molar-refractivity contribution in [3.63, 3.8) is 0 Å². The molecule has 1 atom stereocenters. The quantitative estimate of drug-likeness (QED) is 0.715. The van der Waals surface area contributed by atoms with Crippen LogP contribution in [0.4, 0.5) is 15.8 Å². The first-order valence-corrected chi connectivity index (χ1v) is 12.2. The van der Waals surface area contributed by atoms with Crippen LogP contribution in [0.1, 0.15) is 16.8 Å². The van der Waals surface area contributed by atoms with E-state index in [1.54, 1.807) is 24.3 Å². The number of carbonyl (C=O) groups is 1. The number of carbonyl (C=O) groups excluding carboxylic acids is 1. The Bertz CT molecular complexity index is 1140. The molecular weight excluding hydrogens is 419 g/mol. The summed E-state index contributed by atoms with van der Waals surface area (Å²) in [6.07, 6.45) is -0.0121. The van der Waals surface area contributed by atoms with Crippen molar-refractivity contribution in [3.8, 4) is 0 Å². The average molecular weight is 441 g/mol. The smallest absolute Gasteiger partial charge is 0.258 e. The van der Waals surface area contributed by atoms with Crippen LogP contribution < -0.4 is 10.2 Å². The third kappa shape index (κ3) is 4.59. The highest BCUT2D eigenvalue weighted by Crippen LogP contribution is 2.27. The molecule has 2 aromatic carbocycles. The number of hydrogen-bond donors (Lipinski definition) is 1. The summed E-state index contributed by atoms with van der Waals surface area (Å²) in [7, 11) is -3.68. The van der Waals surface area contributed by atoms with E-state index in [1.807, 2.05) is 19.0 Å². The molecule has 2 aromatic rings. The molecule has 1 fully saturated rings. The first-order valence-electron chi connectivity index (χ1n) is 8.82. The molecule has 0 bridgehead atoms. The van der Waals surface area contributed by atoms with Crippen molar-refractivity contribution >= 4 is 37.0 Å². The Kier molecular flexibility index (Phi) is 5.68. The largest absolute Gasteiger partial charge is 0.378 e. The van der Waals surface area contributed by atoms with Crippen molar-refractivity contribution in [2.24, 2.45) is 0 Å². The van der Waals surface area contributed by atoms with Gasteiger partial charge in [-0.25, -0.2) is 21.2 Å². The number of amides is 1. The molecule has 7 nitrogen and oxygen atoms in total. The van der Waals surface area contributed by atoms with Gasteiger partial charge in [0.15, 0.2) is 19.7 Å². The van der Waals surface area contributed by atoms with E-state index in [9.17, 15) is 26.0 Å². The second-order valence-electron chi connectivity index (χ2n) is 7.11. The lowest BCUT2D eigenvalue weighted by atomic mass is 10.2. The zero-order chi connectivity index (χ0) is 21.4. The summed E-state index contributed by atoms with van der Waals surface area (Å²) in [5.74, 6) is -2.33. The summed E-state index contributed by atoms with van der Waals surface area (Å²) in [5, 5.41) is 1.45. The Morgan fingerprint density at radius 1 is 1.14 bits per heavy atom. The van der Waals surface area contributed by atoms with Gasteiger partial charge < -0.3 is 10.2 Å². The van der Waals surface area contributed by atoms with Gasteiger partial charge in [0.2, 0.25) is 0 Å². The second-order valence-corrected chi connectivity index (χ2v) is 11.6. The van der Waals surface area contributed by atoms with E-state index < -0.39 is 48.0 Å². The monoisotopic (exact) mass is 440 g/mol. The molecule has 1 unspecified atom stereocenters. The highest BCUT2D eigenvalue weighted by atomic mass is 32.2. The van der Waals surface area contributed by atoms with Gasteiger partial charge in [0.05, 0.1) is 27.2 Å². The lowest BCUT2D eigenvalue weighted by Crippen LogP contribution is -2.23. The van der Waals surface area contributed by atoms with Crippen LogP contribution >= 0.6 is 0 Å². The highest BCUT2D eigenvalue weighted by molar-refractivity contribution is 7.96. The van der Waals surface area contributed by atoms with Crippen LogP contribution in [-0.2, 0) is 19.7 Å². The maximum Gasteiger partial charge on any atom is 0.258 e. The van der Waals surface area contributed by atoms with Gasteiger partial charge in [0, 0.05) is 25.5 Å². The van der Waals surface area contributed by atoms with E-state index in [4.69, 9.17) is 0 Å². The Labute approximate surface area is 169 Å². The minimum absolute atomic E-state index is 0.0121. The summed E-state index contributed by atoms with van der Waals surface area (Å²) in [6, 6.07) is 9.75. The molecule has 156 valence electrons. The number of halogens is 1. The number of anilines is 2. The summed E-state index contributed by atoms with van der Waals surface area (Å²) in [6.45, 7) is 0. The SMILES string of the molecule is CN(C)c1ccc(NC(=O)c2cc(S(=O)(=O)C3CCS(=O)(=O)C3)ccc2F)cc1. The number of benzene rings is 2. The van der Waals surface area contributed by atoms with Gasteiger partial charge >= 0.3 is 0 Å². The second kappa shape index (κ2) is 7.75. The normalized spacial score (nSPS) is 18.4. The van der Waals surface area contributed by atoms with Gasteiger partial charge in [-0.15, -0.1) is 0 Å². The van der Waals surface area contributed by atoms with Crippen molar-refractivity contribution in [1.29, 1.82) is 0 Å². The molecule has 0 aliphatic carbocycles. The van der Waals surface area contributed by atoms with Gasteiger partial charge in [-0.2, -0.15) is 0 Å². The fourth-order valence-electron chi connectivity index (χ4n) is 3.09. The first-order chi connectivity index (χ1) is 13.5. The molecular formula is C19H21FN2O5S2. The maximum absolute atomic E-state index is 14.2. The molecule has 0 spiro atoms. The van der Waals surface area contributed by atoms with E-state index in [0.717, 1.165) is 23.9 Å². The number of hydrogen-bond acceptors (Lipinski definition) is 6. The molecule has 1 saturated heterocycles. The van der Waals surface area contributed by atoms with Gasteiger partial charge in [0.25, 0.3) is 5.91 Å². The van der Waals surface area contributed by atoms with Crippen molar-refractivity contribution < 1.29 is 26.0 Å². The number of rotatable bonds is 5. The van der Waals surface area contributed by atoms with Crippen LogP contribution in [0.15, 0.2) is 47.4 Å². The highest BCUT2D eigenvalue weighted by Gasteiger charge is 2.38. The molecule has 3 rings (SSSR count). The van der Waals surface area contributed by atoms with E-state index >= 15 is 0 Å². The molecule has 10 heteroatoms. The van der Waals surface area contributed by atoms with Gasteiger partial charge in [-0.1, -0.05) is 0 Å². The lowest BCUT2D eigenvalue weighted by Gasteiger charge is -2.14. The lowest BCUT2D eigenvalue weighted by molar-refractivity contribution is 0.102. The predicted molar refractivity (Wildman–Crippen MR) is 109 cm³/mol. The van der Waals surface area contributed by atoms with Crippen molar-refractivity contribution in [1.82, 2.24) is 0 Å². The Morgan fingerprint density at radius 2 is 1.79 bits per heavy atom. The Morgan fingerprint density at radius 3 is 2.34 bits per heavy atom. The minimum Gasteiger partial charge on any atom is -0.378 e. The summed E-state index contributed by atoms with van der Waals surface area (Å²) in [4.78, 5) is 14.1. The summed E-state index contributed by atoms with van der Waals surface area (Å²) < 4.78 is 63.0. The number of nitrogens with zero attached hydrogens (tertiary/aromatic N) is 1. The minimum atomic E-state index is -4.00. The van der Waals surface area contributed by atoms with Gasteiger partial charge in [-0.05, 0) is 48.9 Å². The fraction of sp³-hybridized carbons (Fsp3) is 0.316.